The van der Waals surface area contributed by atoms with Gasteiger partial charge in [-0.1, -0.05) is 6.92 Å². The Morgan fingerprint density at radius 3 is 2.20 bits per heavy atom. The van der Waals surface area contributed by atoms with Crippen molar-refractivity contribution < 1.29 is 55.6 Å². The van der Waals surface area contributed by atoms with E-state index in [9.17, 15) is 26.4 Å². The van der Waals surface area contributed by atoms with E-state index in [1.807, 2.05) is 0 Å². The third-order valence-corrected chi connectivity index (χ3v) is 1.81. The monoisotopic (exact) mass is 244 g/mol. The number of alkyl halides is 3. The molecule has 5 nitrogen and oxygen atoms in total. The van der Waals surface area contributed by atoms with E-state index in [4.69, 9.17) is 0 Å². The first kappa shape index (κ1) is 17.0. The van der Waals surface area contributed by atoms with E-state index in [0.717, 1.165) is 0 Å². The molecular formula is C5H8F3LiO5S. The van der Waals surface area contributed by atoms with E-state index in [0.29, 0.717) is 6.42 Å². The molecule has 0 amide bonds. The van der Waals surface area contributed by atoms with Crippen LogP contribution in [0.4, 0.5) is 18.0 Å². The van der Waals surface area contributed by atoms with Crippen LogP contribution in [0.5, 0.6) is 0 Å². The molecule has 0 unspecified atom stereocenters. The maximum atomic E-state index is 11.6. The van der Waals surface area contributed by atoms with Gasteiger partial charge in [0.05, 0.1) is 6.61 Å². The Labute approximate surface area is 97.7 Å². The van der Waals surface area contributed by atoms with Gasteiger partial charge in [0.1, 0.15) is 0 Å². The summed E-state index contributed by atoms with van der Waals surface area (Å²) in [6.07, 6.45) is -1.55. The Morgan fingerprint density at radius 1 is 1.40 bits per heavy atom. The minimum Gasteiger partial charge on any atom is -1.00 e. The quantitative estimate of drug-likeness (QED) is 0.262. The van der Waals surface area contributed by atoms with Crippen LogP contribution < -0.4 is 18.9 Å². The van der Waals surface area contributed by atoms with Crippen LogP contribution in [0.3, 0.4) is 0 Å². The predicted molar refractivity (Wildman–Crippen MR) is 38.8 cm³/mol. The Kier molecular flexibility index (Phi) is 7.09. The molecule has 0 aromatic heterocycles. The number of halogens is 3. The smallest absolute Gasteiger partial charge is 1.00 e. The summed E-state index contributed by atoms with van der Waals surface area (Å²) in [5, 5.41) is 0. The van der Waals surface area contributed by atoms with Crippen molar-refractivity contribution in [3.05, 3.63) is 0 Å². The normalized spacial score (nSPS) is 11.5. The molecule has 0 saturated carbocycles. The molecule has 0 N–H and O–H groups in total. The fourth-order valence-electron chi connectivity index (χ4n) is 0.346. The van der Waals surface area contributed by atoms with Gasteiger partial charge in [-0.25, -0.2) is 4.79 Å². The SMILES string of the molecule is CCCOC(=O)OS(=O)(=O)C(F)(F)F.[H-].[Li+]. The molecule has 0 fully saturated rings. The standard InChI is InChI=1S/C5H7F3O5S.Li.H/c1-2-3-12-4(9)13-14(10,11)5(6,7)8;;/h2-3H2,1H3;;/q;+1;-1. The van der Waals surface area contributed by atoms with Crippen LogP contribution in [0.15, 0.2) is 0 Å². The summed E-state index contributed by atoms with van der Waals surface area (Å²) in [5.41, 5.74) is -5.63. The van der Waals surface area contributed by atoms with Crippen LogP contribution >= 0.6 is 0 Å². The van der Waals surface area contributed by atoms with Gasteiger partial charge in [0.2, 0.25) is 0 Å². The van der Waals surface area contributed by atoms with Crippen LogP contribution in [-0.4, -0.2) is 26.7 Å². The molecule has 0 aromatic carbocycles. The van der Waals surface area contributed by atoms with Gasteiger partial charge in [0, 0.05) is 0 Å². The van der Waals surface area contributed by atoms with Gasteiger partial charge in [0.25, 0.3) is 0 Å². The second kappa shape index (κ2) is 6.25. The Balaban J connectivity index is -0.000000845. The molecule has 0 aromatic rings. The molecule has 86 valence electrons. The van der Waals surface area contributed by atoms with E-state index in [2.05, 4.69) is 8.92 Å². The van der Waals surface area contributed by atoms with Crippen LogP contribution in [0.25, 0.3) is 0 Å². The fraction of sp³-hybridized carbons (Fsp3) is 0.800. The summed E-state index contributed by atoms with van der Waals surface area (Å²) in [6.45, 7) is 1.36. The number of carbonyl (C=O) groups excluding carboxylic acids is 1. The first-order valence-corrected chi connectivity index (χ1v) is 4.79. The third-order valence-electron chi connectivity index (χ3n) is 0.885. The Hall–Kier alpha value is -0.393. The van der Waals surface area contributed by atoms with Crippen molar-refractivity contribution in [3.8, 4) is 0 Å². The molecule has 0 aliphatic carbocycles. The van der Waals surface area contributed by atoms with Gasteiger partial charge in [-0.2, -0.15) is 21.6 Å². The zero-order valence-corrected chi connectivity index (χ0v) is 8.81. The zero-order chi connectivity index (χ0) is 11.4. The molecule has 0 bridgehead atoms. The summed E-state index contributed by atoms with van der Waals surface area (Å²) in [4.78, 5) is 10.3. The number of hydrogen-bond acceptors (Lipinski definition) is 5. The summed E-state index contributed by atoms with van der Waals surface area (Å²) >= 11 is 0. The molecule has 15 heavy (non-hydrogen) atoms. The van der Waals surface area contributed by atoms with Crippen LogP contribution in [0.2, 0.25) is 0 Å². The number of carbonyl (C=O) groups is 1. The van der Waals surface area contributed by atoms with Gasteiger partial charge in [-0.3, -0.25) is 0 Å². The summed E-state index contributed by atoms with van der Waals surface area (Å²) < 4.78 is 62.2. The van der Waals surface area contributed by atoms with Crippen molar-refractivity contribution >= 4 is 16.3 Å². The number of hydrogen-bond donors (Lipinski definition) is 0. The van der Waals surface area contributed by atoms with E-state index in [1.165, 1.54) is 0 Å². The van der Waals surface area contributed by atoms with E-state index in [-0.39, 0.29) is 26.9 Å². The molecule has 0 radical (unpaired) electrons. The molecule has 0 aliphatic heterocycles. The largest absolute Gasteiger partial charge is 1.00 e. The predicted octanol–water partition coefficient (Wildman–Crippen LogP) is -1.48. The summed E-state index contributed by atoms with van der Waals surface area (Å²) in [7, 11) is -5.90. The average Bonchev–Trinajstić information content (AvgIpc) is 1.97. The number of rotatable bonds is 3. The van der Waals surface area contributed by atoms with E-state index < -0.39 is 21.8 Å². The van der Waals surface area contributed by atoms with Crippen molar-refractivity contribution in [3.63, 3.8) is 0 Å². The average molecular weight is 244 g/mol. The first-order chi connectivity index (χ1) is 6.20. The second-order valence-electron chi connectivity index (χ2n) is 2.08. The third kappa shape index (κ3) is 5.91. The number of ether oxygens (including phenoxy) is 1. The fourth-order valence-corrected chi connectivity index (χ4v) is 0.668. The van der Waals surface area contributed by atoms with Gasteiger partial charge in [0.15, 0.2) is 0 Å². The minimum atomic E-state index is -5.90. The second-order valence-corrected chi connectivity index (χ2v) is 3.62. The first-order valence-electron chi connectivity index (χ1n) is 3.38. The van der Waals surface area contributed by atoms with E-state index >= 15 is 0 Å². The van der Waals surface area contributed by atoms with Gasteiger partial charge in [-0.05, 0) is 6.42 Å². The van der Waals surface area contributed by atoms with Crippen LogP contribution in [-0.2, 0) is 19.0 Å². The van der Waals surface area contributed by atoms with Crippen LogP contribution in [0.1, 0.15) is 14.8 Å². The summed E-state index contributed by atoms with van der Waals surface area (Å²) in [6, 6.07) is 0. The Bertz CT molecular complexity index is 304. The molecule has 0 aliphatic rings. The maximum Gasteiger partial charge on any atom is 1.00 e. The van der Waals surface area contributed by atoms with Gasteiger partial charge in [-0.15, -0.1) is 0 Å². The van der Waals surface area contributed by atoms with Gasteiger partial charge < -0.3 is 10.3 Å². The molecule has 0 rings (SSSR count). The molecule has 0 atom stereocenters. The van der Waals surface area contributed by atoms with Crippen molar-refractivity contribution in [1.29, 1.82) is 0 Å². The Morgan fingerprint density at radius 2 is 1.87 bits per heavy atom. The molecule has 0 spiro atoms. The summed E-state index contributed by atoms with van der Waals surface area (Å²) in [5.74, 6) is 0. The van der Waals surface area contributed by atoms with Gasteiger partial charge >= 0.3 is 40.6 Å². The van der Waals surface area contributed by atoms with Crippen molar-refractivity contribution in [2.75, 3.05) is 6.61 Å². The molecule has 10 heteroatoms. The van der Waals surface area contributed by atoms with E-state index in [1.54, 1.807) is 6.92 Å². The topological polar surface area (TPSA) is 69.7 Å². The van der Waals surface area contributed by atoms with Crippen molar-refractivity contribution in [1.82, 2.24) is 0 Å². The maximum absolute atomic E-state index is 11.6. The van der Waals surface area contributed by atoms with Crippen molar-refractivity contribution in [2.45, 2.75) is 18.9 Å². The molecular weight excluding hydrogens is 236 g/mol. The van der Waals surface area contributed by atoms with Crippen LogP contribution in [0, 0.1) is 0 Å². The van der Waals surface area contributed by atoms with Crippen molar-refractivity contribution in [2.24, 2.45) is 0 Å². The minimum absolute atomic E-state index is 0. The molecule has 0 heterocycles. The zero-order valence-electron chi connectivity index (χ0n) is 9.00. The molecule has 0 saturated heterocycles.